The van der Waals surface area contributed by atoms with Gasteiger partial charge in [0.1, 0.15) is 17.3 Å². The molecule has 0 unspecified atom stereocenters. The molecule has 2 rings (SSSR count). The van der Waals surface area contributed by atoms with Crippen molar-refractivity contribution in [3.63, 3.8) is 0 Å². The van der Waals surface area contributed by atoms with Crippen LogP contribution in [0, 0.1) is 18.3 Å². The third-order valence-electron chi connectivity index (χ3n) is 4.36. The largest absolute Gasteiger partial charge is 0.510 e. The summed E-state index contributed by atoms with van der Waals surface area (Å²) < 4.78 is 16.8. The number of nitriles is 1. The zero-order valence-corrected chi connectivity index (χ0v) is 17.8. The maximum atomic E-state index is 11.3. The van der Waals surface area contributed by atoms with E-state index < -0.39 is 6.16 Å². The van der Waals surface area contributed by atoms with Crippen LogP contribution in [0.1, 0.15) is 50.2 Å². The van der Waals surface area contributed by atoms with E-state index in [1.54, 1.807) is 4.68 Å². The number of allylic oxidation sites excluding steroid dienone is 1. The van der Waals surface area contributed by atoms with Crippen LogP contribution in [-0.4, -0.2) is 29.8 Å². The molecule has 0 spiro atoms. The quantitative estimate of drug-likeness (QED) is 0.305. The van der Waals surface area contributed by atoms with Crippen molar-refractivity contribution in [3.8, 4) is 6.07 Å². The first-order valence-corrected chi connectivity index (χ1v) is 9.34. The van der Waals surface area contributed by atoms with Crippen molar-refractivity contribution in [1.82, 2.24) is 9.78 Å². The molecule has 0 bridgehead atoms. The fraction of sp³-hybridized carbons (Fsp3) is 0.409. The predicted molar refractivity (Wildman–Crippen MR) is 110 cm³/mol. The van der Waals surface area contributed by atoms with Gasteiger partial charge in [0.2, 0.25) is 6.79 Å². The van der Waals surface area contributed by atoms with E-state index in [2.05, 4.69) is 36.7 Å². The second kappa shape index (κ2) is 9.28. The molecule has 2 aromatic rings. The lowest BCUT2D eigenvalue weighted by atomic mass is 9.86. The summed E-state index contributed by atoms with van der Waals surface area (Å²) in [5.41, 5.74) is 3.61. The van der Waals surface area contributed by atoms with Crippen LogP contribution >= 0.6 is 0 Å². The maximum Gasteiger partial charge on any atom is 0.510 e. The molecule has 1 heterocycles. The number of rotatable bonds is 6. The van der Waals surface area contributed by atoms with Crippen molar-refractivity contribution in [2.75, 3.05) is 13.9 Å². The van der Waals surface area contributed by atoms with Gasteiger partial charge in [-0.1, -0.05) is 45.0 Å². The molecule has 7 nitrogen and oxygen atoms in total. The molecule has 29 heavy (non-hydrogen) atoms. The van der Waals surface area contributed by atoms with Crippen LogP contribution in [0.3, 0.4) is 0 Å². The predicted octanol–water partition coefficient (Wildman–Crippen LogP) is 4.66. The molecule has 0 saturated heterocycles. The number of nitrogens with zero attached hydrogens (tertiary/aromatic N) is 3. The Morgan fingerprint density at radius 1 is 1.21 bits per heavy atom. The Balaban J connectivity index is 2.54. The van der Waals surface area contributed by atoms with E-state index in [1.165, 1.54) is 7.11 Å². The Hall–Kier alpha value is -3.27. The van der Waals surface area contributed by atoms with Crippen LogP contribution in [-0.2, 0) is 26.2 Å². The van der Waals surface area contributed by atoms with Crippen LogP contribution in [0.4, 0.5) is 4.79 Å². The maximum absolute atomic E-state index is 11.3. The van der Waals surface area contributed by atoms with Gasteiger partial charge in [0, 0.05) is 6.54 Å². The highest BCUT2D eigenvalue weighted by molar-refractivity contribution is 5.94. The molecule has 0 amide bonds. The summed E-state index contributed by atoms with van der Waals surface area (Å²) in [6.45, 7) is 10.4. The molecule has 7 heteroatoms. The number of aromatic nitrogens is 2. The van der Waals surface area contributed by atoms with Gasteiger partial charge in [-0.3, -0.25) is 4.68 Å². The van der Waals surface area contributed by atoms with Gasteiger partial charge in [-0.25, -0.2) is 4.79 Å². The summed E-state index contributed by atoms with van der Waals surface area (Å²) in [7, 11) is 1.21. The van der Waals surface area contributed by atoms with E-state index in [1.807, 2.05) is 44.2 Å². The van der Waals surface area contributed by atoms with Gasteiger partial charge in [0.25, 0.3) is 0 Å². The van der Waals surface area contributed by atoms with Crippen molar-refractivity contribution in [3.05, 3.63) is 52.8 Å². The summed E-state index contributed by atoms with van der Waals surface area (Å²) in [4.78, 5) is 11.3. The average molecular weight is 397 g/mol. The molecule has 0 atom stereocenters. The zero-order chi connectivity index (χ0) is 21.6. The highest BCUT2D eigenvalue weighted by atomic mass is 16.8. The zero-order valence-electron chi connectivity index (χ0n) is 17.8. The number of ether oxygens (including phenoxy) is 3. The molecule has 1 aromatic heterocycles. The minimum atomic E-state index is -0.863. The molecule has 0 aliphatic heterocycles. The van der Waals surface area contributed by atoms with E-state index in [0.717, 1.165) is 11.3 Å². The number of hydrogen-bond donors (Lipinski definition) is 0. The molecule has 154 valence electrons. The highest BCUT2D eigenvalue weighted by Crippen LogP contribution is 2.30. The lowest BCUT2D eigenvalue weighted by Gasteiger charge is -2.19. The van der Waals surface area contributed by atoms with E-state index >= 15 is 0 Å². The Morgan fingerprint density at radius 2 is 1.86 bits per heavy atom. The second-order valence-electron chi connectivity index (χ2n) is 7.49. The first-order valence-electron chi connectivity index (χ1n) is 9.34. The monoisotopic (exact) mass is 397 g/mol. The van der Waals surface area contributed by atoms with Crippen molar-refractivity contribution in [1.29, 1.82) is 5.26 Å². The van der Waals surface area contributed by atoms with E-state index in [0.29, 0.717) is 29.1 Å². The van der Waals surface area contributed by atoms with E-state index in [9.17, 15) is 10.1 Å². The highest BCUT2D eigenvalue weighted by Gasteiger charge is 2.20. The Bertz CT molecular complexity index is 928. The van der Waals surface area contributed by atoms with Gasteiger partial charge < -0.3 is 14.2 Å². The van der Waals surface area contributed by atoms with Crippen LogP contribution in [0.5, 0.6) is 0 Å². The van der Waals surface area contributed by atoms with E-state index in [-0.39, 0.29) is 12.2 Å². The minimum absolute atomic E-state index is 0.000672. The molecule has 0 N–H and O–H groups in total. The number of benzene rings is 1. The molecule has 0 fully saturated rings. The first-order chi connectivity index (χ1) is 13.7. The summed E-state index contributed by atoms with van der Waals surface area (Å²) >= 11 is 0. The molecule has 1 aromatic carbocycles. The minimum Gasteiger partial charge on any atom is -0.454 e. The third-order valence-corrected chi connectivity index (χ3v) is 4.36. The Kier molecular flexibility index (Phi) is 7.05. The van der Waals surface area contributed by atoms with Crippen molar-refractivity contribution < 1.29 is 19.0 Å². The van der Waals surface area contributed by atoms with Crippen LogP contribution < -0.4 is 0 Å². The van der Waals surface area contributed by atoms with Crippen molar-refractivity contribution in [2.24, 2.45) is 0 Å². The van der Waals surface area contributed by atoms with Crippen molar-refractivity contribution >= 4 is 17.5 Å². The molecule has 0 aliphatic rings. The summed E-state index contributed by atoms with van der Waals surface area (Å²) in [6.07, 6.45) is -0.863. The molecule has 0 radical (unpaired) electrons. The van der Waals surface area contributed by atoms with Gasteiger partial charge in [-0.05, 0) is 36.5 Å². The number of hydrogen-bond acceptors (Lipinski definition) is 6. The Morgan fingerprint density at radius 3 is 2.38 bits per heavy atom. The van der Waals surface area contributed by atoms with Crippen LogP contribution in [0.25, 0.3) is 11.3 Å². The third kappa shape index (κ3) is 5.38. The van der Waals surface area contributed by atoms with Gasteiger partial charge in [-0.15, -0.1) is 0 Å². The Labute approximate surface area is 171 Å². The van der Waals surface area contributed by atoms with Gasteiger partial charge in [0.15, 0.2) is 5.76 Å². The lowest BCUT2D eigenvalue weighted by Crippen LogP contribution is -2.12. The molecular weight excluding hydrogens is 370 g/mol. The fourth-order valence-electron chi connectivity index (χ4n) is 2.82. The van der Waals surface area contributed by atoms with Gasteiger partial charge >= 0.3 is 6.16 Å². The topological polar surface area (TPSA) is 86.4 Å². The van der Waals surface area contributed by atoms with E-state index in [4.69, 9.17) is 9.47 Å². The smallest absolute Gasteiger partial charge is 0.454 e. The standard InChI is InChI=1S/C22H27N3O4/c1-7-25-19(12-15(2)24-25)20(28-14-29-21(26)27-6)18(13-23)16-8-10-17(11-9-16)22(3,4)5/h8-12H,7,14H2,1-6H3/b20-18-. The van der Waals surface area contributed by atoms with Crippen LogP contribution in [0.2, 0.25) is 0 Å². The number of carbonyl (C=O) groups excluding carboxylic acids is 1. The van der Waals surface area contributed by atoms with Gasteiger partial charge in [0.05, 0.1) is 12.8 Å². The molecular formula is C22H27N3O4. The summed E-state index contributed by atoms with van der Waals surface area (Å²) in [6, 6.07) is 11.8. The SMILES string of the molecule is CCn1nc(C)cc1/C(OCOC(=O)OC)=C(\C#N)c1ccc(C(C)(C)C)cc1. The number of aryl methyl sites for hydroxylation is 2. The summed E-state index contributed by atoms with van der Waals surface area (Å²) in [5, 5.41) is 14.3. The molecule has 0 saturated carbocycles. The second-order valence-corrected chi connectivity index (χ2v) is 7.49. The average Bonchev–Trinajstić information content (AvgIpc) is 3.07. The van der Waals surface area contributed by atoms with Gasteiger partial charge in [-0.2, -0.15) is 10.4 Å². The van der Waals surface area contributed by atoms with Crippen molar-refractivity contribution in [2.45, 2.75) is 46.6 Å². The van der Waals surface area contributed by atoms with Crippen LogP contribution in [0.15, 0.2) is 30.3 Å². The first kappa shape index (κ1) is 22.0. The number of carbonyl (C=O) groups is 1. The fourth-order valence-corrected chi connectivity index (χ4v) is 2.82. The lowest BCUT2D eigenvalue weighted by molar-refractivity contribution is 0.00348. The normalized spacial score (nSPS) is 12.0. The summed E-state index contributed by atoms with van der Waals surface area (Å²) in [5.74, 6) is 0.294. The number of methoxy groups -OCH3 is 1. The molecule has 0 aliphatic carbocycles.